The molecule has 3 rings (SSSR count). The van der Waals surface area contributed by atoms with Crippen LogP contribution in [0.2, 0.25) is 0 Å². The lowest BCUT2D eigenvalue weighted by Gasteiger charge is -2.08. The van der Waals surface area contributed by atoms with E-state index in [2.05, 4.69) is 15.0 Å². The molecule has 0 saturated carbocycles. The van der Waals surface area contributed by atoms with E-state index in [1.807, 2.05) is 6.92 Å². The van der Waals surface area contributed by atoms with Gasteiger partial charge >= 0.3 is 0 Å². The van der Waals surface area contributed by atoms with E-state index in [0.717, 1.165) is 11.3 Å². The Balaban J connectivity index is 2.09. The van der Waals surface area contributed by atoms with Gasteiger partial charge in [0.1, 0.15) is 5.04 Å². The SMILES string of the molecule is Cc1ccnc(SC(=Nc2cc([N+](=O)[O-])ccc2C)c2ccc([N+](=O)[O-])cc2)n1. The topological polar surface area (TPSA) is 124 Å². The molecule has 2 aromatic carbocycles. The van der Waals surface area contributed by atoms with Gasteiger partial charge < -0.3 is 0 Å². The molecule has 0 atom stereocenters. The minimum absolute atomic E-state index is 0.0450. The molecular formula is C19H15N5O4S. The second-order valence-electron chi connectivity index (χ2n) is 6.03. The van der Waals surface area contributed by atoms with Gasteiger partial charge in [-0.05, 0) is 49.4 Å². The van der Waals surface area contributed by atoms with Crippen LogP contribution in [0.15, 0.2) is 64.9 Å². The first-order chi connectivity index (χ1) is 13.8. The van der Waals surface area contributed by atoms with Gasteiger partial charge in [0.05, 0.1) is 15.5 Å². The summed E-state index contributed by atoms with van der Waals surface area (Å²) in [5, 5.41) is 23.0. The molecule has 10 heteroatoms. The van der Waals surface area contributed by atoms with Crippen LogP contribution in [0.25, 0.3) is 0 Å². The fourth-order valence-electron chi connectivity index (χ4n) is 2.37. The van der Waals surface area contributed by atoms with Crippen molar-refractivity contribution in [1.29, 1.82) is 0 Å². The largest absolute Gasteiger partial charge is 0.271 e. The summed E-state index contributed by atoms with van der Waals surface area (Å²) in [5.41, 5.74) is 2.44. The Kier molecular flexibility index (Phi) is 5.93. The predicted octanol–water partition coefficient (Wildman–Crippen LogP) is 4.78. The average Bonchev–Trinajstić information content (AvgIpc) is 2.69. The van der Waals surface area contributed by atoms with Gasteiger partial charge in [0.2, 0.25) is 0 Å². The number of benzene rings is 2. The van der Waals surface area contributed by atoms with Crippen LogP contribution in [0, 0.1) is 34.1 Å². The number of hydrogen-bond donors (Lipinski definition) is 0. The van der Waals surface area contributed by atoms with E-state index in [4.69, 9.17) is 0 Å². The van der Waals surface area contributed by atoms with Crippen molar-refractivity contribution in [2.24, 2.45) is 4.99 Å². The van der Waals surface area contributed by atoms with E-state index < -0.39 is 9.85 Å². The predicted molar refractivity (Wildman–Crippen MR) is 110 cm³/mol. The molecule has 0 N–H and O–H groups in total. The van der Waals surface area contributed by atoms with Crippen LogP contribution < -0.4 is 0 Å². The average molecular weight is 409 g/mol. The highest BCUT2D eigenvalue weighted by Crippen LogP contribution is 2.29. The highest BCUT2D eigenvalue weighted by atomic mass is 32.2. The second-order valence-corrected chi connectivity index (χ2v) is 6.99. The molecule has 1 heterocycles. The van der Waals surface area contributed by atoms with Crippen molar-refractivity contribution in [3.63, 3.8) is 0 Å². The molecule has 1 aromatic heterocycles. The summed E-state index contributed by atoms with van der Waals surface area (Å²) < 4.78 is 0. The molecule has 0 radical (unpaired) electrons. The van der Waals surface area contributed by atoms with Crippen LogP contribution in [0.4, 0.5) is 17.1 Å². The van der Waals surface area contributed by atoms with Gasteiger partial charge in [-0.15, -0.1) is 0 Å². The monoisotopic (exact) mass is 409 g/mol. The van der Waals surface area contributed by atoms with E-state index in [1.165, 1.54) is 36.0 Å². The molecule has 0 aliphatic heterocycles. The maximum absolute atomic E-state index is 11.1. The molecule has 0 saturated heterocycles. The van der Waals surface area contributed by atoms with E-state index in [0.29, 0.717) is 21.5 Å². The summed E-state index contributed by atoms with van der Waals surface area (Å²) in [6.07, 6.45) is 1.62. The molecule has 29 heavy (non-hydrogen) atoms. The minimum atomic E-state index is -0.485. The quantitative estimate of drug-likeness (QED) is 0.148. The zero-order valence-corrected chi connectivity index (χ0v) is 16.3. The van der Waals surface area contributed by atoms with Gasteiger partial charge in [-0.3, -0.25) is 20.2 Å². The molecule has 0 spiro atoms. The van der Waals surface area contributed by atoms with E-state index >= 15 is 0 Å². The Morgan fingerprint density at radius 3 is 2.24 bits per heavy atom. The lowest BCUT2D eigenvalue weighted by Crippen LogP contribution is -1.99. The smallest absolute Gasteiger partial charge is 0.258 e. The minimum Gasteiger partial charge on any atom is -0.258 e. The molecular weight excluding hydrogens is 394 g/mol. The zero-order valence-electron chi connectivity index (χ0n) is 15.5. The first kappa shape index (κ1) is 20.1. The number of rotatable bonds is 5. The van der Waals surface area contributed by atoms with Gasteiger partial charge in [0, 0.05) is 41.7 Å². The lowest BCUT2D eigenvalue weighted by atomic mass is 10.2. The molecule has 146 valence electrons. The lowest BCUT2D eigenvalue weighted by molar-refractivity contribution is -0.385. The third-order valence-electron chi connectivity index (χ3n) is 3.91. The summed E-state index contributed by atoms with van der Waals surface area (Å²) in [4.78, 5) is 34.2. The van der Waals surface area contributed by atoms with Crippen molar-refractivity contribution in [3.05, 3.63) is 91.8 Å². The van der Waals surface area contributed by atoms with Crippen molar-refractivity contribution in [1.82, 2.24) is 9.97 Å². The van der Waals surface area contributed by atoms with Crippen molar-refractivity contribution in [3.8, 4) is 0 Å². The third kappa shape index (κ3) is 4.99. The van der Waals surface area contributed by atoms with Crippen molar-refractivity contribution >= 4 is 33.9 Å². The van der Waals surface area contributed by atoms with E-state index in [-0.39, 0.29) is 11.4 Å². The summed E-state index contributed by atoms with van der Waals surface area (Å²) in [6.45, 7) is 3.63. The Bertz CT molecular complexity index is 1120. The Morgan fingerprint density at radius 2 is 1.62 bits per heavy atom. The Hall–Kier alpha value is -3.66. The van der Waals surface area contributed by atoms with Crippen LogP contribution in [0.5, 0.6) is 0 Å². The molecule has 0 unspecified atom stereocenters. The van der Waals surface area contributed by atoms with Gasteiger partial charge in [0.25, 0.3) is 11.4 Å². The second kappa shape index (κ2) is 8.57. The van der Waals surface area contributed by atoms with Crippen molar-refractivity contribution < 1.29 is 9.85 Å². The van der Waals surface area contributed by atoms with Crippen molar-refractivity contribution in [2.45, 2.75) is 19.0 Å². The molecule has 0 amide bonds. The van der Waals surface area contributed by atoms with Crippen LogP contribution >= 0.6 is 11.8 Å². The third-order valence-corrected chi connectivity index (χ3v) is 4.81. The molecule has 9 nitrogen and oxygen atoms in total. The number of aryl methyl sites for hydroxylation is 2. The highest BCUT2D eigenvalue weighted by molar-refractivity contribution is 8.14. The molecule has 3 aromatic rings. The molecule has 0 aliphatic rings. The first-order valence-electron chi connectivity index (χ1n) is 8.39. The number of thioether (sulfide) groups is 1. The molecule has 0 aliphatic carbocycles. The summed E-state index contributed by atoms with van der Waals surface area (Å²) in [5.74, 6) is 0. The summed E-state index contributed by atoms with van der Waals surface area (Å²) >= 11 is 1.18. The van der Waals surface area contributed by atoms with Crippen LogP contribution in [-0.4, -0.2) is 24.9 Å². The van der Waals surface area contributed by atoms with Crippen LogP contribution in [-0.2, 0) is 0 Å². The zero-order chi connectivity index (χ0) is 21.0. The van der Waals surface area contributed by atoms with Gasteiger partial charge in [-0.1, -0.05) is 6.07 Å². The van der Waals surface area contributed by atoms with Gasteiger partial charge in [-0.2, -0.15) is 0 Å². The van der Waals surface area contributed by atoms with Gasteiger partial charge in [-0.25, -0.2) is 15.0 Å². The Labute approximate surface area is 169 Å². The van der Waals surface area contributed by atoms with Gasteiger partial charge in [0.15, 0.2) is 5.16 Å². The van der Waals surface area contributed by atoms with Crippen molar-refractivity contribution in [2.75, 3.05) is 0 Å². The maximum Gasteiger partial charge on any atom is 0.271 e. The number of hydrogen-bond acceptors (Lipinski definition) is 8. The van der Waals surface area contributed by atoms with Crippen LogP contribution in [0.3, 0.4) is 0 Å². The van der Waals surface area contributed by atoms with E-state index in [1.54, 1.807) is 37.4 Å². The maximum atomic E-state index is 11.1. The number of aliphatic imine (C=N–C) groups is 1. The summed E-state index contributed by atoms with van der Waals surface area (Å²) in [6, 6.07) is 12.1. The highest BCUT2D eigenvalue weighted by Gasteiger charge is 2.14. The standard InChI is InChI=1S/C19H15N5O4S/c1-12-3-6-16(24(27)28)11-17(12)22-18(29-19-20-10-9-13(2)21-19)14-4-7-15(8-5-14)23(25)26/h3-11H,1-2H3. The number of nitro groups is 2. The summed E-state index contributed by atoms with van der Waals surface area (Å²) in [7, 11) is 0. The number of nitro benzene ring substituents is 2. The fraction of sp³-hybridized carbons (Fsp3) is 0.105. The Morgan fingerprint density at radius 1 is 0.966 bits per heavy atom. The van der Waals surface area contributed by atoms with E-state index in [9.17, 15) is 20.2 Å². The normalized spacial score (nSPS) is 11.3. The van der Waals surface area contributed by atoms with Crippen LogP contribution in [0.1, 0.15) is 16.8 Å². The fourth-order valence-corrected chi connectivity index (χ4v) is 3.25. The molecule has 0 fully saturated rings. The molecule has 0 bridgehead atoms. The number of nitrogens with zero attached hydrogens (tertiary/aromatic N) is 5. The number of aromatic nitrogens is 2. The first-order valence-corrected chi connectivity index (χ1v) is 9.21. The number of non-ortho nitro benzene ring substituents is 2.